The van der Waals surface area contributed by atoms with Crippen LogP contribution in [0.2, 0.25) is 0 Å². The van der Waals surface area contributed by atoms with Gasteiger partial charge in [-0.2, -0.15) is 0 Å². The molecule has 0 heterocycles. The SMILES string of the molecule is CCOC(=O)CCCCCCCCCCCCCOc1cccc(N)c1. The van der Waals surface area contributed by atoms with Crippen molar-refractivity contribution in [3.05, 3.63) is 24.3 Å². The highest BCUT2D eigenvalue weighted by Crippen LogP contribution is 2.16. The van der Waals surface area contributed by atoms with Gasteiger partial charge in [-0.1, -0.05) is 63.9 Å². The van der Waals surface area contributed by atoms with Crippen LogP contribution in [0, 0.1) is 0 Å². The van der Waals surface area contributed by atoms with Crippen molar-refractivity contribution in [1.29, 1.82) is 0 Å². The normalized spacial score (nSPS) is 10.7. The first-order chi connectivity index (χ1) is 12.7. The number of carbonyl (C=O) groups excluding carboxylic acids is 1. The molecule has 1 aromatic rings. The number of unbranched alkanes of at least 4 members (excludes halogenated alkanes) is 10. The molecular formula is C22H37NO3. The number of rotatable bonds is 16. The second-order valence-corrected chi connectivity index (χ2v) is 6.87. The van der Waals surface area contributed by atoms with E-state index in [0.29, 0.717) is 13.0 Å². The van der Waals surface area contributed by atoms with Gasteiger partial charge >= 0.3 is 5.97 Å². The lowest BCUT2D eigenvalue weighted by atomic mass is 10.1. The van der Waals surface area contributed by atoms with Gasteiger partial charge in [0.05, 0.1) is 13.2 Å². The standard InChI is InChI=1S/C22H37NO3/c1-2-25-22(24)17-12-10-8-6-4-3-5-7-9-11-13-18-26-21-16-14-15-20(23)19-21/h14-16,19H,2-13,17-18,23H2,1H3. The van der Waals surface area contributed by atoms with Gasteiger partial charge in [-0.05, 0) is 31.9 Å². The summed E-state index contributed by atoms with van der Waals surface area (Å²) >= 11 is 0. The average Bonchev–Trinajstić information content (AvgIpc) is 2.62. The van der Waals surface area contributed by atoms with Gasteiger partial charge in [0, 0.05) is 18.2 Å². The lowest BCUT2D eigenvalue weighted by molar-refractivity contribution is -0.143. The molecule has 0 aliphatic carbocycles. The third-order valence-corrected chi connectivity index (χ3v) is 4.46. The molecule has 0 bridgehead atoms. The quantitative estimate of drug-likeness (QED) is 0.226. The summed E-state index contributed by atoms with van der Waals surface area (Å²) in [6, 6.07) is 7.62. The van der Waals surface area contributed by atoms with Gasteiger partial charge in [-0.15, -0.1) is 0 Å². The summed E-state index contributed by atoms with van der Waals surface area (Å²) in [5.74, 6) is 0.818. The van der Waals surface area contributed by atoms with Crippen LogP contribution in [0.5, 0.6) is 5.75 Å². The number of benzene rings is 1. The molecule has 0 saturated carbocycles. The summed E-state index contributed by atoms with van der Waals surface area (Å²) in [5.41, 5.74) is 6.48. The van der Waals surface area contributed by atoms with Crippen LogP contribution in [-0.4, -0.2) is 19.2 Å². The highest BCUT2D eigenvalue weighted by Gasteiger charge is 2.00. The van der Waals surface area contributed by atoms with Crippen molar-refractivity contribution >= 4 is 11.7 Å². The largest absolute Gasteiger partial charge is 0.494 e. The van der Waals surface area contributed by atoms with Crippen molar-refractivity contribution in [2.45, 2.75) is 84.0 Å². The Bertz CT molecular complexity index is 476. The van der Waals surface area contributed by atoms with E-state index < -0.39 is 0 Å². The van der Waals surface area contributed by atoms with Crippen LogP contribution in [-0.2, 0) is 9.53 Å². The zero-order valence-corrected chi connectivity index (χ0v) is 16.5. The Kier molecular flexibility index (Phi) is 13.3. The molecule has 0 aromatic heterocycles. The van der Waals surface area contributed by atoms with Crippen molar-refractivity contribution in [3.8, 4) is 5.75 Å². The number of nitrogen functional groups attached to an aromatic ring is 1. The summed E-state index contributed by atoms with van der Waals surface area (Å²) in [6.45, 7) is 3.12. The molecule has 1 rings (SSSR count). The molecule has 0 aliphatic heterocycles. The minimum Gasteiger partial charge on any atom is -0.494 e. The molecule has 2 N–H and O–H groups in total. The molecule has 0 aliphatic rings. The van der Waals surface area contributed by atoms with Crippen molar-refractivity contribution in [3.63, 3.8) is 0 Å². The minimum atomic E-state index is -0.0502. The zero-order chi connectivity index (χ0) is 18.9. The molecule has 0 unspecified atom stereocenters. The number of ether oxygens (including phenoxy) is 2. The van der Waals surface area contributed by atoms with E-state index >= 15 is 0 Å². The number of esters is 1. The Hall–Kier alpha value is -1.71. The topological polar surface area (TPSA) is 61.5 Å². The van der Waals surface area contributed by atoms with Crippen LogP contribution < -0.4 is 10.5 Å². The smallest absolute Gasteiger partial charge is 0.305 e. The number of anilines is 1. The second kappa shape index (κ2) is 15.5. The summed E-state index contributed by atoms with van der Waals surface area (Å²) in [6.07, 6.45) is 14.1. The second-order valence-electron chi connectivity index (χ2n) is 6.87. The molecule has 0 spiro atoms. The lowest BCUT2D eigenvalue weighted by Crippen LogP contribution is -2.03. The van der Waals surface area contributed by atoms with E-state index in [4.69, 9.17) is 15.2 Å². The molecule has 0 radical (unpaired) electrons. The summed E-state index contributed by atoms with van der Waals surface area (Å²) in [7, 11) is 0. The number of hydrogen-bond acceptors (Lipinski definition) is 4. The molecular weight excluding hydrogens is 326 g/mol. The van der Waals surface area contributed by atoms with Gasteiger partial charge in [-0.3, -0.25) is 4.79 Å². The van der Waals surface area contributed by atoms with E-state index in [0.717, 1.165) is 37.3 Å². The molecule has 0 fully saturated rings. The number of carbonyl (C=O) groups is 1. The molecule has 1 aromatic carbocycles. The van der Waals surface area contributed by atoms with Crippen LogP contribution in [0.1, 0.15) is 84.0 Å². The maximum Gasteiger partial charge on any atom is 0.305 e. The molecule has 148 valence electrons. The van der Waals surface area contributed by atoms with Crippen LogP contribution in [0.3, 0.4) is 0 Å². The summed E-state index contributed by atoms with van der Waals surface area (Å²) in [4.78, 5) is 11.2. The summed E-state index contributed by atoms with van der Waals surface area (Å²) in [5, 5.41) is 0. The Morgan fingerprint density at radius 2 is 1.46 bits per heavy atom. The van der Waals surface area contributed by atoms with Gasteiger partial charge in [0.1, 0.15) is 5.75 Å². The van der Waals surface area contributed by atoms with E-state index in [-0.39, 0.29) is 5.97 Å². The first kappa shape index (κ1) is 22.3. The molecule has 0 saturated heterocycles. The first-order valence-corrected chi connectivity index (χ1v) is 10.4. The van der Waals surface area contributed by atoms with Crippen molar-refractivity contribution in [2.75, 3.05) is 18.9 Å². The first-order valence-electron chi connectivity index (χ1n) is 10.4. The Morgan fingerprint density at radius 1 is 0.885 bits per heavy atom. The van der Waals surface area contributed by atoms with Crippen LogP contribution in [0.15, 0.2) is 24.3 Å². The fourth-order valence-electron chi connectivity index (χ4n) is 2.99. The van der Waals surface area contributed by atoms with Gasteiger partial charge in [0.25, 0.3) is 0 Å². The molecule has 0 atom stereocenters. The molecule has 4 nitrogen and oxygen atoms in total. The third-order valence-electron chi connectivity index (χ3n) is 4.46. The van der Waals surface area contributed by atoms with E-state index in [1.807, 2.05) is 31.2 Å². The monoisotopic (exact) mass is 363 g/mol. The van der Waals surface area contributed by atoms with E-state index in [1.165, 1.54) is 51.4 Å². The van der Waals surface area contributed by atoms with E-state index in [1.54, 1.807) is 0 Å². The van der Waals surface area contributed by atoms with E-state index in [2.05, 4.69) is 0 Å². The van der Waals surface area contributed by atoms with E-state index in [9.17, 15) is 4.79 Å². The minimum absolute atomic E-state index is 0.0502. The lowest BCUT2D eigenvalue weighted by Gasteiger charge is -2.06. The van der Waals surface area contributed by atoms with Gasteiger partial charge in [-0.25, -0.2) is 0 Å². The molecule has 26 heavy (non-hydrogen) atoms. The predicted molar refractivity (Wildman–Crippen MR) is 108 cm³/mol. The highest BCUT2D eigenvalue weighted by molar-refractivity contribution is 5.69. The van der Waals surface area contributed by atoms with Gasteiger partial charge in [0.15, 0.2) is 0 Å². The fraction of sp³-hybridized carbons (Fsp3) is 0.682. The zero-order valence-electron chi connectivity index (χ0n) is 16.5. The van der Waals surface area contributed by atoms with Crippen LogP contribution >= 0.6 is 0 Å². The Balaban J connectivity index is 1.78. The Labute approximate surface area is 159 Å². The number of nitrogens with two attached hydrogens (primary N) is 1. The van der Waals surface area contributed by atoms with Crippen molar-refractivity contribution in [2.24, 2.45) is 0 Å². The van der Waals surface area contributed by atoms with Crippen LogP contribution in [0.25, 0.3) is 0 Å². The maximum atomic E-state index is 11.2. The fourth-order valence-corrected chi connectivity index (χ4v) is 2.99. The molecule has 0 amide bonds. The Morgan fingerprint density at radius 3 is 2.04 bits per heavy atom. The summed E-state index contributed by atoms with van der Waals surface area (Å²) < 4.78 is 10.6. The predicted octanol–water partition coefficient (Wildman–Crippen LogP) is 5.89. The van der Waals surface area contributed by atoms with Crippen LogP contribution in [0.4, 0.5) is 5.69 Å². The average molecular weight is 364 g/mol. The molecule has 4 heteroatoms. The van der Waals surface area contributed by atoms with Crippen molar-refractivity contribution in [1.82, 2.24) is 0 Å². The van der Waals surface area contributed by atoms with Gasteiger partial charge < -0.3 is 15.2 Å². The van der Waals surface area contributed by atoms with Crippen molar-refractivity contribution < 1.29 is 14.3 Å². The third kappa shape index (κ3) is 12.6. The van der Waals surface area contributed by atoms with Gasteiger partial charge in [0.2, 0.25) is 0 Å². The maximum absolute atomic E-state index is 11.2. The number of hydrogen-bond donors (Lipinski definition) is 1. The highest BCUT2D eigenvalue weighted by atomic mass is 16.5.